The van der Waals surface area contributed by atoms with Crippen molar-refractivity contribution in [3.63, 3.8) is 0 Å². The number of anilines is 1. The number of carbonyl (C=O) groups excluding carboxylic acids is 2. The molecule has 3 heterocycles. The van der Waals surface area contributed by atoms with E-state index in [1.165, 1.54) is 6.20 Å². The first-order chi connectivity index (χ1) is 17.2. The Kier molecular flexibility index (Phi) is 7.43. The highest BCUT2D eigenvalue weighted by molar-refractivity contribution is 7.86. The Morgan fingerprint density at radius 3 is 2.75 bits per heavy atom. The number of nitrogens with zero attached hydrogens (tertiary/aromatic N) is 3. The molecule has 4 N–H and O–H groups in total. The van der Waals surface area contributed by atoms with Crippen molar-refractivity contribution >= 4 is 39.3 Å². The maximum absolute atomic E-state index is 12.9. The molecule has 0 spiro atoms. The van der Waals surface area contributed by atoms with Gasteiger partial charge in [0.1, 0.15) is 12.4 Å². The van der Waals surface area contributed by atoms with Crippen LogP contribution in [0.4, 0.5) is 5.69 Å². The lowest BCUT2D eigenvalue weighted by atomic mass is 9.98. The largest absolute Gasteiger partial charge is 0.490 e. The molecule has 0 radical (unpaired) electrons. The van der Waals surface area contributed by atoms with Gasteiger partial charge in [-0.15, -0.1) is 0 Å². The van der Waals surface area contributed by atoms with E-state index >= 15 is 0 Å². The zero-order valence-corrected chi connectivity index (χ0v) is 21.4. The summed E-state index contributed by atoms with van der Waals surface area (Å²) >= 11 is 0. The maximum Gasteiger partial charge on any atom is 0.252 e. The molecular formula is C24H30N6O5S. The molecule has 2 amide bonds. The lowest BCUT2D eigenvalue weighted by molar-refractivity contribution is -0.119. The van der Waals surface area contributed by atoms with Gasteiger partial charge in [0.2, 0.25) is 11.8 Å². The summed E-state index contributed by atoms with van der Waals surface area (Å²) in [6.45, 7) is 5.95. The number of aromatic nitrogens is 3. The quantitative estimate of drug-likeness (QED) is 0.375. The second-order valence-corrected chi connectivity index (χ2v) is 10.2. The average molecular weight is 515 g/mol. The van der Waals surface area contributed by atoms with Crippen LogP contribution in [0.5, 0.6) is 11.6 Å². The molecule has 1 aromatic carbocycles. The lowest BCUT2D eigenvalue weighted by Crippen LogP contribution is -2.34. The van der Waals surface area contributed by atoms with Crippen LogP contribution in [-0.2, 0) is 22.8 Å². The van der Waals surface area contributed by atoms with E-state index in [9.17, 15) is 13.8 Å². The molecule has 1 aliphatic heterocycles. The predicted octanol–water partition coefficient (Wildman–Crippen LogP) is 2.28. The fourth-order valence-electron chi connectivity index (χ4n) is 4.16. The van der Waals surface area contributed by atoms with Gasteiger partial charge >= 0.3 is 0 Å². The fourth-order valence-corrected chi connectivity index (χ4v) is 5.03. The Bertz CT molecular complexity index is 1320. The van der Waals surface area contributed by atoms with Gasteiger partial charge in [0.05, 0.1) is 35.9 Å². The van der Waals surface area contributed by atoms with E-state index in [2.05, 4.69) is 20.0 Å². The number of ether oxygens (including phenoxy) is 2. The monoisotopic (exact) mass is 514 g/mol. The van der Waals surface area contributed by atoms with Crippen LogP contribution < -0.4 is 25.2 Å². The SMILES string of the molecule is CCC1CC(=O)NC1COc1ncc(NS(=O)c2cn(C)cn2)c2cc(C(N)=O)c(OC(C)C)cc12. The average Bonchev–Trinajstić information content (AvgIpc) is 3.42. The molecule has 1 saturated heterocycles. The van der Waals surface area contributed by atoms with E-state index in [1.807, 2.05) is 20.8 Å². The van der Waals surface area contributed by atoms with Crippen molar-refractivity contribution in [1.29, 1.82) is 0 Å². The third kappa shape index (κ3) is 5.43. The van der Waals surface area contributed by atoms with Crippen LogP contribution in [0.1, 0.15) is 44.0 Å². The number of primary amides is 1. The maximum atomic E-state index is 12.9. The first kappa shape index (κ1) is 25.4. The Balaban J connectivity index is 1.75. The minimum atomic E-state index is -1.68. The van der Waals surface area contributed by atoms with Crippen molar-refractivity contribution in [2.75, 3.05) is 11.3 Å². The number of pyridine rings is 1. The molecule has 1 aliphatic rings. The first-order valence-corrected chi connectivity index (χ1v) is 12.8. The number of carbonyl (C=O) groups is 2. The molecular weight excluding hydrogens is 484 g/mol. The number of fused-ring (bicyclic) bond motifs is 1. The van der Waals surface area contributed by atoms with Crippen LogP contribution in [0, 0.1) is 5.92 Å². The van der Waals surface area contributed by atoms with E-state index in [4.69, 9.17) is 15.2 Å². The van der Waals surface area contributed by atoms with Crippen LogP contribution >= 0.6 is 0 Å². The minimum Gasteiger partial charge on any atom is -0.490 e. The van der Waals surface area contributed by atoms with Crippen molar-refractivity contribution in [1.82, 2.24) is 19.9 Å². The fraction of sp³-hybridized carbons (Fsp3) is 0.417. The molecule has 3 aromatic rings. The Labute approximate surface area is 211 Å². The molecule has 2 aromatic heterocycles. The van der Waals surface area contributed by atoms with E-state index in [-0.39, 0.29) is 36.1 Å². The second-order valence-electron chi connectivity index (χ2n) is 9.01. The highest BCUT2D eigenvalue weighted by atomic mass is 32.2. The van der Waals surface area contributed by atoms with Gasteiger partial charge in [-0.05, 0) is 31.9 Å². The summed E-state index contributed by atoms with van der Waals surface area (Å²) in [5.74, 6) is 0.0958. The summed E-state index contributed by atoms with van der Waals surface area (Å²) in [6, 6.07) is 3.09. The molecule has 0 aliphatic carbocycles. The van der Waals surface area contributed by atoms with E-state index in [0.29, 0.717) is 39.5 Å². The molecule has 3 unspecified atom stereocenters. The molecule has 3 atom stereocenters. The standard InChI is InChI=1S/C24H30N6O5S/c1-5-14-6-21(31)28-19(14)11-34-24-16-8-20(35-13(2)3)17(23(25)32)7-15(16)18(9-26-24)29-36(33)22-10-30(4)12-27-22/h7-10,12-14,19,29H,5-6,11H2,1-4H3,(H2,25,32)(H,28,31). The number of nitrogens with one attached hydrogen (secondary N) is 2. The van der Waals surface area contributed by atoms with Crippen LogP contribution in [-0.4, -0.2) is 49.3 Å². The number of nitrogens with two attached hydrogens (primary N) is 1. The molecule has 4 rings (SSSR count). The number of hydrogen-bond donors (Lipinski definition) is 3. The smallest absolute Gasteiger partial charge is 0.252 e. The van der Waals surface area contributed by atoms with Crippen molar-refractivity contribution < 1.29 is 23.3 Å². The predicted molar refractivity (Wildman–Crippen MR) is 135 cm³/mol. The second kappa shape index (κ2) is 10.5. The number of imidazole rings is 1. The zero-order chi connectivity index (χ0) is 26.0. The van der Waals surface area contributed by atoms with Crippen LogP contribution in [0.2, 0.25) is 0 Å². The van der Waals surface area contributed by atoms with Gasteiger partial charge in [0.15, 0.2) is 16.0 Å². The Morgan fingerprint density at radius 2 is 2.11 bits per heavy atom. The normalized spacial score (nSPS) is 18.3. The van der Waals surface area contributed by atoms with Gasteiger partial charge in [-0.3, -0.25) is 14.3 Å². The number of aryl methyl sites for hydroxylation is 1. The minimum absolute atomic E-state index is 0.00327. The summed E-state index contributed by atoms with van der Waals surface area (Å²) in [7, 11) is 0.0985. The van der Waals surface area contributed by atoms with Gasteiger partial charge in [-0.25, -0.2) is 14.2 Å². The first-order valence-electron chi connectivity index (χ1n) is 11.7. The van der Waals surface area contributed by atoms with E-state index < -0.39 is 16.9 Å². The van der Waals surface area contributed by atoms with Crippen molar-refractivity contribution in [2.45, 2.75) is 50.8 Å². The number of amides is 2. The highest BCUT2D eigenvalue weighted by Crippen LogP contribution is 2.36. The van der Waals surface area contributed by atoms with E-state index in [1.54, 1.807) is 36.3 Å². The van der Waals surface area contributed by atoms with Crippen LogP contribution in [0.25, 0.3) is 10.8 Å². The lowest BCUT2D eigenvalue weighted by Gasteiger charge is -2.20. The van der Waals surface area contributed by atoms with Crippen LogP contribution in [0.3, 0.4) is 0 Å². The summed E-state index contributed by atoms with van der Waals surface area (Å²) in [5.41, 5.74) is 6.23. The molecule has 1 fully saturated rings. The summed E-state index contributed by atoms with van der Waals surface area (Å²) in [4.78, 5) is 32.7. The van der Waals surface area contributed by atoms with Crippen molar-refractivity contribution in [2.24, 2.45) is 18.7 Å². The molecule has 0 bridgehead atoms. The molecule has 0 saturated carbocycles. The van der Waals surface area contributed by atoms with Crippen LogP contribution in [0.15, 0.2) is 35.9 Å². The van der Waals surface area contributed by atoms with E-state index in [0.717, 1.165) is 6.42 Å². The molecule has 11 nitrogen and oxygen atoms in total. The molecule has 192 valence electrons. The third-order valence-corrected chi connectivity index (χ3v) is 6.94. The summed E-state index contributed by atoms with van der Waals surface area (Å²) in [5, 5.41) is 4.35. The zero-order valence-electron chi connectivity index (χ0n) is 20.6. The van der Waals surface area contributed by atoms with Gasteiger partial charge in [-0.1, -0.05) is 13.3 Å². The summed E-state index contributed by atoms with van der Waals surface area (Å²) in [6.07, 6.45) is 5.77. The topological polar surface area (TPSA) is 150 Å². The van der Waals surface area contributed by atoms with Crippen molar-refractivity contribution in [3.8, 4) is 11.6 Å². The molecule has 36 heavy (non-hydrogen) atoms. The van der Waals surface area contributed by atoms with Gasteiger partial charge in [-0.2, -0.15) is 0 Å². The van der Waals surface area contributed by atoms with Gasteiger partial charge < -0.3 is 25.1 Å². The van der Waals surface area contributed by atoms with Gasteiger partial charge in [0.25, 0.3) is 5.91 Å². The van der Waals surface area contributed by atoms with Crippen molar-refractivity contribution in [3.05, 3.63) is 36.4 Å². The molecule has 12 heteroatoms. The number of hydrogen-bond acceptors (Lipinski definition) is 7. The summed E-state index contributed by atoms with van der Waals surface area (Å²) < 4.78 is 29.4. The van der Waals surface area contributed by atoms with Gasteiger partial charge in [0, 0.05) is 30.4 Å². The number of rotatable bonds is 10. The Morgan fingerprint density at radius 1 is 1.33 bits per heavy atom. The highest BCUT2D eigenvalue weighted by Gasteiger charge is 2.31. The third-order valence-electron chi connectivity index (χ3n) is 5.94. The number of benzene rings is 1. The Hall–Kier alpha value is -3.67.